The first kappa shape index (κ1) is 17.7. The summed E-state index contributed by atoms with van der Waals surface area (Å²) in [6.45, 7) is 0.396. The van der Waals surface area contributed by atoms with E-state index in [4.69, 9.17) is 0 Å². The van der Waals surface area contributed by atoms with Crippen molar-refractivity contribution in [2.75, 3.05) is 0 Å². The Balaban J connectivity index is 1.55. The Kier molecular flexibility index (Phi) is 4.97. The van der Waals surface area contributed by atoms with E-state index in [9.17, 15) is 9.59 Å². The maximum atomic E-state index is 12.7. The Hall–Kier alpha value is -3.74. The number of hydrogen-bond acceptors (Lipinski definition) is 4. The molecule has 28 heavy (non-hydrogen) atoms. The normalized spacial score (nSPS) is 12.0. The molecule has 2 aromatic carbocycles. The van der Waals surface area contributed by atoms with Crippen molar-refractivity contribution in [2.45, 2.75) is 19.1 Å². The summed E-state index contributed by atoms with van der Waals surface area (Å²) in [6.07, 6.45) is 4.96. The molecule has 0 aliphatic rings. The molecule has 4 rings (SSSR count). The van der Waals surface area contributed by atoms with Crippen molar-refractivity contribution in [1.82, 2.24) is 24.6 Å². The Morgan fingerprint density at radius 2 is 1.82 bits per heavy atom. The van der Waals surface area contributed by atoms with Crippen LogP contribution >= 0.6 is 0 Å². The van der Waals surface area contributed by atoms with E-state index in [1.807, 2.05) is 48.7 Å². The number of benzene rings is 2. The Morgan fingerprint density at radius 1 is 1.04 bits per heavy atom. The molecule has 7 nitrogen and oxygen atoms in total. The lowest BCUT2D eigenvalue weighted by molar-refractivity contribution is -0.122. The van der Waals surface area contributed by atoms with Crippen molar-refractivity contribution in [3.8, 4) is 0 Å². The first-order chi connectivity index (χ1) is 13.7. The third kappa shape index (κ3) is 3.83. The van der Waals surface area contributed by atoms with Gasteiger partial charge in [0.25, 0.3) is 5.56 Å². The van der Waals surface area contributed by atoms with Gasteiger partial charge in [0.15, 0.2) is 0 Å². The molecular formula is C21H19N5O2. The van der Waals surface area contributed by atoms with Crippen LogP contribution in [0.2, 0.25) is 0 Å². The van der Waals surface area contributed by atoms with Gasteiger partial charge >= 0.3 is 0 Å². The van der Waals surface area contributed by atoms with Crippen LogP contribution in [0.25, 0.3) is 10.9 Å². The minimum atomic E-state index is -0.266. The molecule has 0 fully saturated rings. The zero-order valence-corrected chi connectivity index (χ0v) is 15.1. The van der Waals surface area contributed by atoms with E-state index in [1.165, 1.54) is 10.9 Å². The Morgan fingerprint density at radius 3 is 2.61 bits per heavy atom. The number of nitrogens with zero attached hydrogens (tertiary/aromatic N) is 4. The molecule has 0 bridgehead atoms. The summed E-state index contributed by atoms with van der Waals surface area (Å²) in [7, 11) is 0. The minimum absolute atomic E-state index is 0.0981. The fourth-order valence-corrected chi connectivity index (χ4v) is 3.13. The van der Waals surface area contributed by atoms with Gasteiger partial charge in [-0.05, 0) is 23.8 Å². The molecule has 0 unspecified atom stereocenters. The Bertz CT molecular complexity index is 1140. The Labute approximate surface area is 161 Å². The van der Waals surface area contributed by atoms with E-state index >= 15 is 0 Å². The van der Waals surface area contributed by atoms with Gasteiger partial charge in [0, 0.05) is 12.4 Å². The van der Waals surface area contributed by atoms with Crippen LogP contribution in [0.5, 0.6) is 0 Å². The van der Waals surface area contributed by atoms with Crippen LogP contribution in [0.15, 0.2) is 84.2 Å². The maximum Gasteiger partial charge on any atom is 0.261 e. The molecule has 2 aromatic heterocycles. The van der Waals surface area contributed by atoms with Gasteiger partial charge in [0.2, 0.25) is 5.91 Å². The van der Waals surface area contributed by atoms with Crippen molar-refractivity contribution in [3.63, 3.8) is 0 Å². The summed E-state index contributed by atoms with van der Waals surface area (Å²) in [6, 6.07) is 18.4. The number of carbonyl (C=O) groups is 1. The summed E-state index contributed by atoms with van der Waals surface area (Å²) in [4.78, 5) is 29.6. The highest BCUT2D eigenvalue weighted by Crippen LogP contribution is 2.15. The summed E-state index contributed by atoms with van der Waals surface area (Å²) in [5.74, 6) is -0.264. The number of rotatable bonds is 6. The minimum Gasteiger partial charge on any atom is -0.346 e. The molecule has 0 saturated heterocycles. The van der Waals surface area contributed by atoms with E-state index in [0.29, 0.717) is 17.4 Å². The molecule has 0 saturated carbocycles. The third-order valence-electron chi connectivity index (χ3n) is 4.51. The van der Waals surface area contributed by atoms with Gasteiger partial charge in [-0.15, -0.1) is 0 Å². The molecule has 1 N–H and O–H groups in total. The second-order valence-corrected chi connectivity index (χ2v) is 6.45. The van der Waals surface area contributed by atoms with Gasteiger partial charge in [-0.2, -0.15) is 5.10 Å². The van der Waals surface area contributed by atoms with E-state index in [0.717, 1.165) is 5.56 Å². The molecule has 0 aliphatic heterocycles. The molecule has 0 radical (unpaired) electrons. The fourth-order valence-electron chi connectivity index (χ4n) is 3.13. The van der Waals surface area contributed by atoms with Gasteiger partial charge in [-0.3, -0.25) is 18.8 Å². The van der Waals surface area contributed by atoms with Gasteiger partial charge in [0.1, 0.15) is 6.54 Å². The van der Waals surface area contributed by atoms with Gasteiger partial charge < -0.3 is 5.32 Å². The molecule has 4 aromatic rings. The smallest absolute Gasteiger partial charge is 0.261 e. The van der Waals surface area contributed by atoms with Crippen LogP contribution in [0, 0.1) is 0 Å². The number of nitrogens with one attached hydrogen (secondary N) is 1. The highest BCUT2D eigenvalue weighted by Gasteiger charge is 2.16. The molecule has 2 heterocycles. The number of aromatic nitrogens is 4. The van der Waals surface area contributed by atoms with Crippen LogP contribution in [-0.4, -0.2) is 25.2 Å². The van der Waals surface area contributed by atoms with Crippen molar-refractivity contribution < 1.29 is 4.79 Å². The predicted octanol–water partition coefficient (Wildman–Crippen LogP) is 2.15. The van der Waals surface area contributed by atoms with Gasteiger partial charge in [-0.1, -0.05) is 42.5 Å². The number of carbonyl (C=O) groups excluding carboxylic acids is 1. The molecule has 1 amide bonds. The predicted molar refractivity (Wildman–Crippen MR) is 106 cm³/mol. The van der Waals surface area contributed by atoms with E-state index in [-0.39, 0.29) is 24.1 Å². The quantitative estimate of drug-likeness (QED) is 0.561. The molecule has 0 spiro atoms. The van der Waals surface area contributed by atoms with Crippen molar-refractivity contribution >= 4 is 16.8 Å². The van der Waals surface area contributed by atoms with E-state index in [2.05, 4.69) is 15.4 Å². The largest absolute Gasteiger partial charge is 0.346 e. The van der Waals surface area contributed by atoms with Crippen LogP contribution in [-0.2, 0) is 17.9 Å². The number of fused-ring (bicyclic) bond motifs is 1. The number of amides is 1. The maximum absolute atomic E-state index is 12.7. The van der Waals surface area contributed by atoms with Crippen LogP contribution < -0.4 is 10.9 Å². The average molecular weight is 373 g/mol. The first-order valence-electron chi connectivity index (χ1n) is 8.96. The molecular weight excluding hydrogens is 354 g/mol. The molecule has 140 valence electrons. The number of para-hydroxylation sites is 1. The lowest BCUT2D eigenvalue weighted by atomic mass is 10.1. The van der Waals surface area contributed by atoms with E-state index in [1.54, 1.807) is 29.1 Å². The number of hydrogen-bond donors (Lipinski definition) is 1. The zero-order chi connectivity index (χ0) is 19.3. The lowest BCUT2D eigenvalue weighted by Gasteiger charge is -2.20. The topological polar surface area (TPSA) is 81.8 Å². The monoisotopic (exact) mass is 373 g/mol. The fraction of sp³-hybridized carbons (Fsp3) is 0.143. The highest BCUT2D eigenvalue weighted by molar-refractivity contribution is 5.79. The molecule has 1 atom stereocenters. The van der Waals surface area contributed by atoms with Crippen molar-refractivity contribution in [1.29, 1.82) is 0 Å². The summed E-state index contributed by atoms with van der Waals surface area (Å²) in [5.41, 5.74) is 1.35. The molecule has 7 heteroatoms. The van der Waals surface area contributed by atoms with E-state index < -0.39 is 0 Å². The highest BCUT2D eigenvalue weighted by atomic mass is 16.2. The van der Waals surface area contributed by atoms with Crippen molar-refractivity contribution in [3.05, 3.63) is 95.3 Å². The summed E-state index contributed by atoms with van der Waals surface area (Å²) in [5, 5.41) is 7.72. The summed E-state index contributed by atoms with van der Waals surface area (Å²) >= 11 is 0. The van der Waals surface area contributed by atoms with Gasteiger partial charge in [-0.25, -0.2) is 4.98 Å². The molecule has 0 aliphatic carbocycles. The third-order valence-corrected chi connectivity index (χ3v) is 4.51. The van der Waals surface area contributed by atoms with Crippen LogP contribution in [0.3, 0.4) is 0 Å². The summed E-state index contributed by atoms with van der Waals surface area (Å²) < 4.78 is 3.09. The standard InChI is InChI=1S/C21H19N5O2/c27-20(14-25-15-22-18-10-5-4-9-17(18)21(25)28)24-19(13-26-12-6-11-23-26)16-7-2-1-3-8-16/h1-12,15,19H,13-14H2,(H,24,27)/t19-/m1/s1. The van der Waals surface area contributed by atoms with Gasteiger partial charge in [0.05, 0.1) is 29.8 Å². The first-order valence-corrected chi connectivity index (χ1v) is 8.96. The average Bonchev–Trinajstić information content (AvgIpc) is 3.24. The second-order valence-electron chi connectivity index (χ2n) is 6.45. The lowest BCUT2D eigenvalue weighted by Crippen LogP contribution is -2.36. The SMILES string of the molecule is O=C(Cn1cnc2ccccc2c1=O)N[C@H](Cn1cccn1)c1ccccc1. The van der Waals surface area contributed by atoms with Crippen LogP contribution in [0.4, 0.5) is 0 Å². The zero-order valence-electron chi connectivity index (χ0n) is 15.1. The van der Waals surface area contributed by atoms with Crippen molar-refractivity contribution in [2.24, 2.45) is 0 Å². The van der Waals surface area contributed by atoms with Crippen LogP contribution in [0.1, 0.15) is 11.6 Å². The second kappa shape index (κ2) is 7.87.